The fourth-order valence-electron chi connectivity index (χ4n) is 5.02. The predicted octanol–water partition coefficient (Wildman–Crippen LogP) is 3.58. The highest BCUT2D eigenvalue weighted by Gasteiger charge is 2.27. The standard InChI is InChI=1S/C28H33N5O4/c1-18(2)33-24-13-12-21(15-23(24)26(35)32(28(33)37)16-19-10-11-19)30-27(36)31-14-6-9-22(17-31)29-25(34)20-7-4-3-5-8-20/h3-5,7-8,12-13,15,18-19,22H,6,9-11,14,16-17H2,1-2H3,(H,29,34)(H,30,36). The number of hydrogen-bond donors (Lipinski definition) is 2. The van der Waals surface area contributed by atoms with Gasteiger partial charge in [0.25, 0.3) is 11.5 Å². The van der Waals surface area contributed by atoms with E-state index < -0.39 is 0 Å². The monoisotopic (exact) mass is 503 g/mol. The molecule has 1 aromatic heterocycles. The van der Waals surface area contributed by atoms with Gasteiger partial charge in [-0.1, -0.05) is 18.2 Å². The zero-order valence-corrected chi connectivity index (χ0v) is 21.3. The van der Waals surface area contributed by atoms with Crippen LogP contribution >= 0.6 is 0 Å². The fourth-order valence-corrected chi connectivity index (χ4v) is 5.02. The predicted molar refractivity (Wildman–Crippen MR) is 143 cm³/mol. The van der Waals surface area contributed by atoms with E-state index in [2.05, 4.69) is 10.6 Å². The highest BCUT2D eigenvalue weighted by atomic mass is 16.2. The molecule has 0 spiro atoms. The van der Waals surface area contributed by atoms with Crippen molar-refractivity contribution in [1.82, 2.24) is 19.4 Å². The van der Waals surface area contributed by atoms with Gasteiger partial charge in [0.05, 0.1) is 10.9 Å². The number of rotatable bonds is 6. The normalized spacial score (nSPS) is 17.7. The molecule has 1 atom stereocenters. The third kappa shape index (κ3) is 5.30. The lowest BCUT2D eigenvalue weighted by Crippen LogP contribution is -2.50. The van der Waals surface area contributed by atoms with E-state index in [0.717, 1.165) is 25.7 Å². The molecule has 1 aliphatic carbocycles. The number of aromatic nitrogens is 2. The first-order chi connectivity index (χ1) is 17.8. The van der Waals surface area contributed by atoms with Crippen LogP contribution in [0.4, 0.5) is 10.5 Å². The average molecular weight is 504 g/mol. The Morgan fingerprint density at radius 2 is 1.78 bits per heavy atom. The van der Waals surface area contributed by atoms with Gasteiger partial charge in [-0.15, -0.1) is 0 Å². The molecule has 194 valence electrons. The molecule has 9 nitrogen and oxygen atoms in total. The van der Waals surface area contributed by atoms with Crippen LogP contribution in [-0.2, 0) is 6.54 Å². The Bertz CT molecular complexity index is 1440. The van der Waals surface area contributed by atoms with E-state index in [1.807, 2.05) is 32.0 Å². The Hall–Kier alpha value is -3.88. The van der Waals surface area contributed by atoms with Gasteiger partial charge in [0.2, 0.25) is 0 Å². The van der Waals surface area contributed by atoms with Crippen LogP contribution in [0, 0.1) is 5.92 Å². The molecule has 3 amide bonds. The molecular weight excluding hydrogens is 470 g/mol. The summed E-state index contributed by atoms with van der Waals surface area (Å²) >= 11 is 0. The summed E-state index contributed by atoms with van der Waals surface area (Å²) in [5.41, 5.74) is 1.05. The lowest BCUT2D eigenvalue weighted by molar-refractivity contribution is 0.0913. The van der Waals surface area contributed by atoms with E-state index >= 15 is 0 Å². The molecule has 1 saturated carbocycles. The largest absolute Gasteiger partial charge is 0.348 e. The number of carbonyl (C=O) groups is 2. The molecule has 1 unspecified atom stereocenters. The summed E-state index contributed by atoms with van der Waals surface area (Å²) in [5.74, 6) is 0.224. The van der Waals surface area contributed by atoms with Crippen molar-refractivity contribution in [2.75, 3.05) is 18.4 Å². The summed E-state index contributed by atoms with van der Waals surface area (Å²) < 4.78 is 2.99. The number of nitrogens with zero attached hydrogens (tertiary/aromatic N) is 3. The van der Waals surface area contributed by atoms with Gasteiger partial charge in [0, 0.05) is 43.0 Å². The first kappa shape index (κ1) is 24.8. The molecule has 2 heterocycles. The number of fused-ring (bicyclic) bond motifs is 1. The molecule has 3 aromatic rings. The highest BCUT2D eigenvalue weighted by Crippen LogP contribution is 2.30. The van der Waals surface area contributed by atoms with E-state index in [1.165, 1.54) is 4.57 Å². The molecule has 1 saturated heterocycles. The number of amides is 3. The van der Waals surface area contributed by atoms with Crippen molar-refractivity contribution >= 4 is 28.5 Å². The van der Waals surface area contributed by atoms with Crippen LogP contribution in [0.2, 0.25) is 0 Å². The molecule has 9 heteroatoms. The Morgan fingerprint density at radius 3 is 2.49 bits per heavy atom. The van der Waals surface area contributed by atoms with E-state index in [-0.39, 0.29) is 35.3 Å². The minimum atomic E-state index is -0.318. The maximum atomic E-state index is 13.3. The van der Waals surface area contributed by atoms with Crippen molar-refractivity contribution in [3.8, 4) is 0 Å². The van der Waals surface area contributed by atoms with Gasteiger partial charge in [-0.3, -0.25) is 18.7 Å². The zero-order chi connectivity index (χ0) is 26.1. The second kappa shape index (κ2) is 10.2. The van der Waals surface area contributed by atoms with Crippen molar-refractivity contribution < 1.29 is 9.59 Å². The molecule has 1 aliphatic heterocycles. The molecule has 37 heavy (non-hydrogen) atoms. The highest BCUT2D eigenvalue weighted by molar-refractivity contribution is 5.95. The Kier molecular flexibility index (Phi) is 6.86. The number of anilines is 1. The van der Waals surface area contributed by atoms with Crippen molar-refractivity contribution in [1.29, 1.82) is 0 Å². The number of likely N-dealkylation sites (tertiary alicyclic amines) is 1. The molecule has 2 N–H and O–H groups in total. The SMILES string of the molecule is CC(C)n1c(=O)n(CC2CC2)c(=O)c2cc(NC(=O)N3CCCC(NC(=O)c4ccccc4)C3)ccc21. The molecule has 2 aliphatic rings. The van der Waals surface area contributed by atoms with Gasteiger partial charge in [-0.05, 0) is 75.8 Å². The molecule has 2 fully saturated rings. The first-order valence-electron chi connectivity index (χ1n) is 13.0. The summed E-state index contributed by atoms with van der Waals surface area (Å²) in [6, 6.07) is 13.6. The molecule has 2 aromatic carbocycles. The van der Waals surface area contributed by atoms with Gasteiger partial charge >= 0.3 is 11.7 Å². The second-order valence-corrected chi connectivity index (χ2v) is 10.4. The third-order valence-electron chi connectivity index (χ3n) is 7.15. The summed E-state index contributed by atoms with van der Waals surface area (Å²) in [6.45, 7) is 5.26. The zero-order valence-electron chi connectivity index (χ0n) is 21.3. The Morgan fingerprint density at radius 1 is 1.03 bits per heavy atom. The minimum absolute atomic E-state index is 0.113. The van der Waals surface area contributed by atoms with Crippen LogP contribution < -0.4 is 21.9 Å². The van der Waals surface area contributed by atoms with Gasteiger partial charge in [-0.25, -0.2) is 9.59 Å². The van der Waals surface area contributed by atoms with Crippen molar-refractivity contribution in [2.24, 2.45) is 5.92 Å². The van der Waals surface area contributed by atoms with Crippen LogP contribution in [0.1, 0.15) is 55.9 Å². The molecular formula is C28H33N5O4. The van der Waals surface area contributed by atoms with Crippen LogP contribution in [0.3, 0.4) is 0 Å². The summed E-state index contributed by atoms with van der Waals surface area (Å²) in [4.78, 5) is 53.7. The van der Waals surface area contributed by atoms with Crippen molar-refractivity contribution in [3.63, 3.8) is 0 Å². The fraction of sp³-hybridized carbons (Fsp3) is 0.429. The maximum Gasteiger partial charge on any atom is 0.331 e. The number of piperidine rings is 1. The van der Waals surface area contributed by atoms with E-state index in [1.54, 1.807) is 39.8 Å². The molecule has 5 rings (SSSR count). The second-order valence-electron chi connectivity index (χ2n) is 10.4. The molecule has 0 radical (unpaired) electrons. The van der Waals surface area contributed by atoms with Gasteiger partial charge in [-0.2, -0.15) is 0 Å². The third-order valence-corrected chi connectivity index (χ3v) is 7.15. The number of benzene rings is 2. The van der Waals surface area contributed by atoms with Crippen LogP contribution in [-0.4, -0.2) is 45.1 Å². The van der Waals surface area contributed by atoms with E-state index in [0.29, 0.717) is 47.7 Å². The van der Waals surface area contributed by atoms with Gasteiger partial charge < -0.3 is 15.5 Å². The average Bonchev–Trinajstić information content (AvgIpc) is 3.72. The smallest absolute Gasteiger partial charge is 0.331 e. The summed E-state index contributed by atoms with van der Waals surface area (Å²) in [5, 5.41) is 6.35. The lowest BCUT2D eigenvalue weighted by atomic mass is 10.1. The number of urea groups is 1. The minimum Gasteiger partial charge on any atom is -0.348 e. The van der Waals surface area contributed by atoms with Gasteiger partial charge in [0.1, 0.15) is 0 Å². The molecule has 0 bridgehead atoms. The van der Waals surface area contributed by atoms with Gasteiger partial charge in [0.15, 0.2) is 0 Å². The van der Waals surface area contributed by atoms with Crippen molar-refractivity contribution in [3.05, 3.63) is 74.9 Å². The Balaban J connectivity index is 1.34. The van der Waals surface area contributed by atoms with Crippen LogP contribution in [0.5, 0.6) is 0 Å². The van der Waals surface area contributed by atoms with E-state index in [9.17, 15) is 19.2 Å². The number of carbonyl (C=O) groups excluding carboxylic acids is 2. The van der Waals surface area contributed by atoms with Crippen LogP contribution in [0.15, 0.2) is 58.1 Å². The summed E-state index contributed by atoms with van der Waals surface area (Å²) in [7, 11) is 0. The maximum absolute atomic E-state index is 13.3. The van der Waals surface area contributed by atoms with Crippen molar-refractivity contribution in [2.45, 2.75) is 58.2 Å². The first-order valence-corrected chi connectivity index (χ1v) is 13.0. The number of hydrogen-bond acceptors (Lipinski definition) is 4. The topological polar surface area (TPSA) is 105 Å². The van der Waals surface area contributed by atoms with Crippen LogP contribution in [0.25, 0.3) is 10.9 Å². The summed E-state index contributed by atoms with van der Waals surface area (Å²) in [6.07, 6.45) is 3.64. The number of nitrogens with one attached hydrogen (secondary N) is 2. The lowest BCUT2D eigenvalue weighted by Gasteiger charge is -2.33. The Labute approximate surface area is 215 Å². The van der Waals surface area contributed by atoms with E-state index in [4.69, 9.17) is 0 Å². The quantitative estimate of drug-likeness (QED) is 0.536.